The van der Waals surface area contributed by atoms with E-state index in [1.807, 2.05) is 42.5 Å². The third kappa shape index (κ3) is 4.37. The second-order valence-electron chi connectivity index (χ2n) is 4.91. The SMILES string of the molecule is N#Cc1cccc(OCCSCc2nnc(-c3ccccc3)o2)c1. The lowest BCUT2D eigenvalue weighted by molar-refractivity contribution is 0.344. The minimum atomic E-state index is 0.538. The monoisotopic (exact) mass is 337 g/mol. The first-order valence-electron chi connectivity index (χ1n) is 7.43. The Morgan fingerprint density at radius 2 is 1.96 bits per heavy atom. The highest BCUT2D eigenvalue weighted by Gasteiger charge is 2.07. The molecule has 0 saturated heterocycles. The van der Waals surface area contributed by atoms with Gasteiger partial charge in [-0.3, -0.25) is 0 Å². The maximum atomic E-state index is 8.85. The van der Waals surface area contributed by atoms with Crippen LogP contribution in [0.25, 0.3) is 11.5 Å². The molecule has 5 nitrogen and oxygen atoms in total. The van der Waals surface area contributed by atoms with Crippen LogP contribution in [0.15, 0.2) is 59.0 Å². The molecule has 0 bridgehead atoms. The average Bonchev–Trinajstić information content (AvgIpc) is 3.11. The standard InChI is InChI=1S/C18H15N3O2S/c19-12-14-5-4-8-16(11-14)22-9-10-24-13-17-20-21-18(23-17)15-6-2-1-3-7-15/h1-8,11H,9-10,13H2. The molecule has 120 valence electrons. The molecule has 24 heavy (non-hydrogen) atoms. The zero-order valence-corrected chi connectivity index (χ0v) is 13.7. The van der Waals surface area contributed by atoms with Gasteiger partial charge in [0.25, 0.3) is 0 Å². The Morgan fingerprint density at radius 1 is 1.08 bits per heavy atom. The molecule has 1 aromatic heterocycles. The number of benzene rings is 2. The summed E-state index contributed by atoms with van der Waals surface area (Å²) in [5.74, 6) is 3.28. The van der Waals surface area contributed by atoms with E-state index in [0.29, 0.717) is 35.5 Å². The Morgan fingerprint density at radius 3 is 2.79 bits per heavy atom. The van der Waals surface area contributed by atoms with Crippen LogP contribution in [0.4, 0.5) is 0 Å². The molecule has 6 heteroatoms. The van der Waals surface area contributed by atoms with E-state index < -0.39 is 0 Å². The van der Waals surface area contributed by atoms with Crippen molar-refractivity contribution in [2.24, 2.45) is 0 Å². The maximum absolute atomic E-state index is 8.85. The predicted molar refractivity (Wildman–Crippen MR) is 92.5 cm³/mol. The number of nitriles is 1. The molecule has 3 aromatic rings. The quantitative estimate of drug-likeness (QED) is 0.609. The normalized spacial score (nSPS) is 10.3. The second-order valence-corrected chi connectivity index (χ2v) is 6.01. The van der Waals surface area contributed by atoms with Gasteiger partial charge < -0.3 is 9.15 Å². The molecule has 0 saturated carbocycles. The van der Waals surface area contributed by atoms with Crippen LogP contribution in [-0.2, 0) is 5.75 Å². The van der Waals surface area contributed by atoms with Crippen molar-refractivity contribution in [1.29, 1.82) is 5.26 Å². The fraction of sp³-hybridized carbons (Fsp3) is 0.167. The molecule has 0 spiro atoms. The molecule has 0 fully saturated rings. The summed E-state index contributed by atoms with van der Waals surface area (Å²) < 4.78 is 11.3. The Bertz CT molecular complexity index is 828. The van der Waals surface area contributed by atoms with Crippen LogP contribution >= 0.6 is 11.8 Å². The largest absolute Gasteiger partial charge is 0.493 e. The molecule has 0 radical (unpaired) electrons. The first-order chi connectivity index (χ1) is 11.8. The highest BCUT2D eigenvalue weighted by Crippen LogP contribution is 2.19. The van der Waals surface area contributed by atoms with E-state index >= 15 is 0 Å². The fourth-order valence-electron chi connectivity index (χ4n) is 2.04. The number of hydrogen-bond donors (Lipinski definition) is 0. The number of rotatable bonds is 7. The Kier molecular flexibility index (Phi) is 5.48. The summed E-state index contributed by atoms with van der Waals surface area (Å²) in [6.07, 6.45) is 0. The molecule has 3 rings (SSSR count). The zero-order valence-electron chi connectivity index (χ0n) is 12.9. The summed E-state index contributed by atoms with van der Waals surface area (Å²) in [5.41, 5.74) is 1.52. The summed E-state index contributed by atoms with van der Waals surface area (Å²) in [7, 11) is 0. The van der Waals surface area contributed by atoms with Gasteiger partial charge in [-0.05, 0) is 30.3 Å². The van der Waals surface area contributed by atoms with Crippen LogP contribution in [0.3, 0.4) is 0 Å². The van der Waals surface area contributed by atoms with Crippen molar-refractivity contribution >= 4 is 11.8 Å². The minimum absolute atomic E-state index is 0.538. The first-order valence-corrected chi connectivity index (χ1v) is 8.59. The van der Waals surface area contributed by atoms with Crippen molar-refractivity contribution < 1.29 is 9.15 Å². The highest BCUT2D eigenvalue weighted by molar-refractivity contribution is 7.98. The van der Waals surface area contributed by atoms with Gasteiger partial charge in [-0.15, -0.1) is 22.0 Å². The van der Waals surface area contributed by atoms with Crippen LogP contribution in [0.5, 0.6) is 5.75 Å². The molecule has 0 aliphatic heterocycles. The molecule has 2 aromatic carbocycles. The van der Waals surface area contributed by atoms with Gasteiger partial charge in [0.2, 0.25) is 11.8 Å². The van der Waals surface area contributed by atoms with Gasteiger partial charge >= 0.3 is 0 Å². The molecule has 0 amide bonds. The van der Waals surface area contributed by atoms with Gasteiger partial charge in [0, 0.05) is 11.3 Å². The third-order valence-corrected chi connectivity index (χ3v) is 4.08. The summed E-state index contributed by atoms with van der Waals surface area (Å²) >= 11 is 1.66. The molecule has 0 aliphatic carbocycles. The van der Waals surface area contributed by atoms with Gasteiger partial charge in [0.1, 0.15) is 5.75 Å². The summed E-state index contributed by atoms with van der Waals surface area (Å²) in [6.45, 7) is 0.555. The van der Waals surface area contributed by atoms with E-state index in [0.717, 1.165) is 11.3 Å². The Labute approximate surface area is 144 Å². The number of thioether (sulfide) groups is 1. The lowest BCUT2D eigenvalue weighted by Crippen LogP contribution is -2.00. The van der Waals surface area contributed by atoms with Crippen molar-refractivity contribution in [2.45, 2.75) is 5.75 Å². The lowest BCUT2D eigenvalue weighted by Gasteiger charge is -2.05. The van der Waals surface area contributed by atoms with E-state index in [9.17, 15) is 0 Å². The van der Waals surface area contributed by atoms with Crippen LogP contribution < -0.4 is 4.74 Å². The van der Waals surface area contributed by atoms with Crippen LogP contribution in [0.2, 0.25) is 0 Å². The number of nitrogens with zero attached hydrogens (tertiary/aromatic N) is 3. The summed E-state index contributed by atoms with van der Waals surface area (Å²) in [4.78, 5) is 0. The van der Waals surface area contributed by atoms with Gasteiger partial charge in [0.05, 0.1) is 24.0 Å². The van der Waals surface area contributed by atoms with Crippen LogP contribution in [-0.4, -0.2) is 22.6 Å². The van der Waals surface area contributed by atoms with Crippen molar-refractivity contribution in [3.63, 3.8) is 0 Å². The highest BCUT2D eigenvalue weighted by atomic mass is 32.2. The number of hydrogen-bond acceptors (Lipinski definition) is 6. The molecular weight excluding hydrogens is 322 g/mol. The number of aromatic nitrogens is 2. The van der Waals surface area contributed by atoms with E-state index in [1.54, 1.807) is 23.9 Å². The van der Waals surface area contributed by atoms with Gasteiger partial charge in [-0.2, -0.15) is 5.26 Å². The summed E-state index contributed by atoms with van der Waals surface area (Å²) in [5, 5.41) is 17.0. The summed E-state index contributed by atoms with van der Waals surface area (Å²) in [6, 6.07) is 18.9. The van der Waals surface area contributed by atoms with Crippen LogP contribution in [0, 0.1) is 11.3 Å². The van der Waals surface area contributed by atoms with E-state index in [2.05, 4.69) is 16.3 Å². The zero-order chi connectivity index (χ0) is 16.6. The molecule has 0 unspecified atom stereocenters. The smallest absolute Gasteiger partial charge is 0.247 e. The molecule has 0 aliphatic rings. The number of ether oxygens (including phenoxy) is 1. The van der Waals surface area contributed by atoms with E-state index in [-0.39, 0.29) is 0 Å². The average molecular weight is 337 g/mol. The van der Waals surface area contributed by atoms with Gasteiger partial charge in [0.15, 0.2) is 0 Å². The van der Waals surface area contributed by atoms with Gasteiger partial charge in [-0.25, -0.2) is 0 Å². The van der Waals surface area contributed by atoms with E-state index in [4.69, 9.17) is 14.4 Å². The van der Waals surface area contributed by atoms with E-state index in [1.165, 1.54) is 0 Å². The molecule has 0 atom stereocenters. The topological polar surface area (TPSA) is 71.9 Å². The predicted octanol–water partition coefficient (Wildman–Crippen LogP) is 3.92. The molecule has 0 N–H and O–H groups in total. The Hall–Kier alpha value is -2.78. The lowest BCUT2D eigenvalue weighted by atomic mass is 10.2. The third-order valence-electron chi connectivity index (χ3n) is 3.17. The molecular formula is C18H15N3O2S. The van der Waals surface area contributed by atoms with Crippen LogP contribution in [0.1, 0.15) is 11.5 Å². The van der Waals surface area contributed by atoms with Crippen molar-refractivity contribution in [1.82, 2.24) is 10.2 Å². The fourth-order valence-corrected chi connectivity index (χ4v) is 2.68. The van der Waals surface area contributed by atoms with Crippen molar-refractivity contribution in [3.05, 3.63) is 66.1 Å². The second kappa shape index (κ2) is 8.18. The maximum Gasteiger partial charge on any atom is 0.247 e. The van der Waals surface area contributed by atoms with Crippen molar-refractivity contribution in [2.75, 3.05) is 12.4 Å². The molecule has 1 heterocycles. The first kappa shape index (κ1) is 16.1. The Balaban J connectivity index is 1.42. The van der Waals surface area contributed by atoms with Gasteiger partial charge in [-0.1, -0.05) is 24.3 Å². The minimum Gasteiger partial charge on any atom is -0.493 e. The van der Waals surface area contributed by atoms with Crippen molar-refractivity contribution in [3.8, 4) is 23.3 Å².